The van der Waals surface area contributed by atoms with Gasteiger partial charge in [-0.05, 0) is 16.5 Å². The maximum atomic E-state index is 7.66. The molecule has 0 spiro atoms. The predicted octanol–water partition coefficient (Wildman–Crippen LogP) is 3.63. The van der Waals surface area contributed by atoms with Crippen LogP contribution in [-0.2, 0) is 0 Å². The summed E-state index contributed by atoms with van der Waals surface area (Å²) in [5, 5.41) is 1.16. The standard InChI is InChI=1S/C12H10S/c1-2-4-11-9(3-1)5-6-10-7-8-13-12(10)11/h1-8,10,12H/i8D. The number of hydrogen-bond acceptors (Lipinski definition) is 1. The fraction of sp³-hybridized carbons (Fsp3) is 0.167. The average Bonchev–Trinajstić information content (AvgIpc) is 2.59. The Balaban J connectivity index is 2.10. The minimum absolute atomic E-state index is 0.433. The van der Waals surface area contributed by atoms with E-state index in [4.69, 9.17) is 1.37 Å². The molecule has 0 N–H and O–H groups in total. The molecule has 0 bridgehead atoms. The molecule has 1 aliphatic carbocycles. The summed E-state index contributed by atoms with van der Waals surface area (Å²) >= 11 is 1.67. The molecule has 3 rings (SSSR count). The van der Waals surface area contributed by atoms with E-state index in [-0.39, 0.29) is 0 Å². The fourth-order valence-corrected chi connectivity index (χ4v) is 2.97. The lowest BCUT2D eigenvalue weighted by Gasteiger charge is -2.22. The molecule has 0 saturated heterocycles. The highest BCUT2D eigenvalue weighted by Crippen LogP contribution is 2.47. The third-order valence-electron chi connectivity index (χ3n) is 2.61. The first-order valence-electron chi connectivity index (χ1n) is 4.97. The first kappa shape index (κ1) is 6.50. The molecule has 13 heavy (non-hydrogen) atoms. The Labute approximate surface area is 83.8 Å². The fourth-order valence-electron chi connectivity index (χ4n) is 1.92. The summed E-state index contributed by atoms with van der Waals surface area (Å²) < 4.78 is 7.66. The zero-order valence-corrected chi connectivity index (χ0v) is 7.92. The van der Waals surface area contributed by atoms with Crippen LogP contribution >= 0.6 is 11.8 Å². The van der Waals surface area contributed by atoms with Crippen molar-refractivity contribution < 1.29 is 1.37 Å². The van der Waals surface area contributed by atoms with Crippen molar-refractivity contribution in [3.05, 3.63) is 52.9 Å². The van der Waals surface area contributed by atoms with E-state index in [1.165, 1.54) is 11.1 Å². The molecule has 1 heteroatoms. The van der Waals surface area contributed by atoms with E-state index in [2.05, 4.69) is 36.4 Å². The Morgan fingerprint density at radius 1 is 1.23 bits per heavy atom. The van der Waals surface area contributed by atoms with Crippen LogP contribution in [0.25, 0.3) is 6.08 Å². The van der Waals surface area contributed by atoms with Crippen molar-refractivity contribution in [1.82, 2.24) is 0 Å². The van der Waals surface area contributed by atoms with Gasteiger partial charge in [-0.3, -0.25) is 0 Å². The molecule has 2 aliphatic rings. The Morgan fingerprint density at radius 3 is 3.15 bits per heavy atom. The molecule has 1 aromatic carbocycles. The molecule has 2 unspecified atom stereocenters. The lowest BCUT2D eigenvalue weighted by Crippen LogP contribution is -2.06. The lowest BCUT2D eigenvalue weighted by atomic mass is 9.89. The van der Waals surface area contributed by atoms with Gasteiger partial charge in [-0.15, -0.1) is 11.8 Å². The smallest absolute Gasteiger partial charge is 0.0694 e. The van der Waals surface area contributed by atoms with Gasteiger partial charge >= 0.3 is 0 Å². The number of hydrogen-bond donors (Lipinski definition) is 0. The Hall–Kier alpha value is -0.950. The molecule has 1 heterocycles. The van der Waals surface area contributed by atoms with E-state index in [0.29, 0.717) is 16.6 Å². The molecule has 1 aromatic rings. The normalized spacial score (nSPS) is 30.5. The largest absolute Gasteiger partial charge is 0.125 e. The van der Waals surface area contributed by atoms with Crippen LogP contribution in [0.2, 0.25) is 0 Å². The minimum Gasteiger partial charge on any atom is -0.125 e. The van der Waals surface area contributed by atoms with E-state index in [1.54, 1.807) is 11.8 Å². The number of fused-ring (bicyclic) bond motifs is 3. The van der Waals surface area contributed by atoms with E-state index < -0.39 is 0 Å². The van der Waals surface area contributed by atoms with Crippen LogP contribution in [0.5, 0.6) is 0 Å². The van der Waals surface area contributed by atoms with Crippen molar-refractivity contribution >= 4 is 17.8 Å². The van der Waals surface area contributed by atoms with Crippen molar-refractivity contribution in [3.63, 3.8) is 0 Å². The molecule has 0 amide bonds. The van der Waals surface area contributed by atoms with E-state index in [0.717, 1.165) is 0 Å². The molecule has 0 radical (unpaired) electrons. The van der Waals surface area contributed by atoms with Gasteiger partial charge in [0.05, 0.1) is 1.37 Å². The van der Waals surface area contributed by atoms with E-state index in [1.807, 2.05) is 6.08 Å². The molecule has 0 nitrogen and oxygen atoms in total. The van der Waals surface area contributed by atoms with E-state index in [9.17, 15) is 0 Å². The average molecular weight is 187 g/mol. The monoisotopic (exact) mass is 187 g/mol. The Bertz CT molecular complexity index is 434. The van der Waals surface area contributed by atoms with Gasteiger partial charge in [0.25, 0.3) is 0 Å². The summed E-state index contributed by atoms with van der Waals surface area (Å²) in [5.74, 6) is 0.433. The highest BCUT2D eigenvalue weighted by atomic mass is 32.2. The zero-order chi connectivity index (χ0) is 9.54. The second-order valence-corrected chi connectivity index (χ2v) is 4.37. The van der Waals surface area contributed by atoms with Gasteiger partial charge in [-0.2, -0.15) is 0 Å². The number of rotatable bonds is 0. The summed E-state index contributed by atoms with van der Waals surface area (Å²) in [6.07, 6.45) is 6.43. The van der Waals surface area contributed by atoms with Crippen molar-refractivity contribution in [2.24, 2.45) is 5.92 Å². The lowest BCUT2D eigenvalue weighted by molar-refractivity contribution is 0.790. The molecular formula is C12H10S. The highest BCUT2D eigenvalue weighted by Gasteiger charge is 2.27. The quantitative estimate of drug-likeness (QED) is 0.597. The summed E-state index contributed by atoms with van der Waals surface area (Å²) in [5.41, 5.74) is 2.69. The Morgan fingerprint density at radius 2 is 2.15 bits per heavy atom. The predicted molar refractivity (Wildman–Crippen MR) is 58.4 cm³/mol. The zero-order valence-electron chi connectivity index (χ0n) is 8.10. The van der Waals surface area contributed by atoms with Gasteiger partial charge in [-0.1, -0.05) is 42.5 Å². The number of benzene rings is 1. The molecule has 2 atom stereocenters. The van der Waals surface area contributed by atoms with Crippen molar-refractivity contribution in [2.75, 3.05) is 0 Å². The van der Waals surface area contributed by atoms with Crippen LogP contribution in [-0.4, -0.2) is 0 Å². The SMILES string of the molecule is [2H]C1=CC2C=Cc3ccccc3C2S1. The minimum atomic E-state index is 0.433. The molecule has 0 saturated carbocycles. The maximum Gasteiger partial charge on any atom is 0.0694 e. The summed E-state index contributed by atoms with van der Waals surface area (Å²) in [6.45, 7) is 0. The highest BCUT2D eigenvalue weighted by molar-refractivity contribution is 8.02. The molecular weight excluding hydrogens is 176 g/mol. The summed E-state index contributed by atoms with van der Waals surface area (Å²) in [4.78, 5) is 0. The molecule has 1 aliphatic heterocycles. The third kappa shape index (κ3) is 1.07. The van der Waals surface area contributed by atoms with Crippen molar-refractivity contribution in [3.8, 4) is 0 Å². The van der Waals surface area contributed by atoms with Gasteiger partial charge in [0, 0.05) is 11.2 Å². The van der Waals surface area contributed by atoms with Gasteiger partial charge in [0.15, 0.2) is 0 Å². The van der Waals surface area contributed by atoms with Crippen LogP contribution < -0.4 is 0 Å². The molecule has 0 aromatic heterocycles. The van der Waals surface area contributed by atoms with E-state index >= 15 is 0 Å². The second kappa shape index (κ2) is 2.78. The first-order chi connectivity index (χ1) is 6.84. The van der Waals surface area contributed by atoms with Crippen molar-refractivity contribution in [2.45, 2.75) is 5.25 Å². The van der Waals surface area contributed by atoms with Gasteiger partial charge in [0.2, 0.25) is 0 Å². The summed E-state index contributed by atoms with van der Waals surface area (Å²) in [7, 11) is 0. The molecule has 64 valence electrons. The topological polar surface area (TPSA) is 0 Å². The maximum absolute atomic E-state index is 7.66. The first-order valence-corrected chi connectivity index (χ1v) is 5.35. The van der Waals surface area contributed by atoms with Crippen LogP contribution in [0.4, 0.5) is 0 Å². The number of allylic oxidation sites excluding steroid dienone is 2. The number of thioether (sulfide) groups is 1. The van der Waals surface area contributed by atoms with Crippen LogP contribution in [0.15, 0.2) is 41.8 Å². The van der Waals surface area contributed by atoms with Crippen LogP contribution in [0, 0.1) is 5.92 Å². The molecule has 0 fully saturated rings. The van der Waals surface area contributed by atoms with Gasteiger partial charge in [-0.25, -0.2) is 0 Å². The van der Waals surface area contributed by atoms with Gasteiger partial charge in [0.1, 0.15) is 0 Å². The second-order valence-electron chi connectivity index (χ2n) is 3.39. The van der Waals surface area contributed by atoms with Crippen LogP contribution in [0.1, 0.15) is 17.7 Å². The van der Waals surface area contributed by atoms with Crippen molar-refractivity contribution in [1.29, 1.82) is 0 Å². The summed E-state index contributed by atoms with van der Waals surface area (Å²) in [6, 6.07) is 8.47. The third-order valence-corrected chi connectivity index (χ3v) is 3.70. The van der Waals surface area contributed by atoms with Gasteiger partial charge < -0.3 is 0 Å². The Kier molecular flexibility index (Phi) is 1.39. The van der Waals surface area contributed by atoms with Crippen LogP contribution in [0.3, 0.4) is 0 Å².